The van der Waals surface area contributed by atoms with Gasteiger partial charge in [-0.3, -0.25) is 4.79 Å². The van der Waals surface area contributed by atoms with Crippen LogP contribution in [-0.2, 0) is 19.1 Å². The minimum atomic E-state index is -0.887. The fourth-order valence-corrected chi connectivity index (χ4v) is 5.00. The van der Waals surface area contributed by atoms with E-state index in [0.29, 0.717) is 30.9 Å². The molecule has 0 amide bonds. The van der Waals surface area contributed by atoms with Gasteiger partial charge in [-0.25, -0.2) is 9.78 Å². The molecule has 0 bridgehead atoms. The van der Waals surface area contributed by atoms with Gasteiger partial charge in [-0.15, -0.1) is 0 Å². The third-order valence-corrected chi connectivity index (χ3v) is 7.83. The molecule has 6 nitrogen and oxygen atoms in total. The van der Waals surface area contributed by atoms with Gasteiger partial charge in [0.25, 0.3) is 0 Å². The van der Waals surface area contributed by atoms with Crippen molar-refractivity contribution >= 4 is 11.9 Å². The summed E-state index contributed by atoms with van der Waals surface area (Å²) in [4.78, 5) is 31.9. The summed E-state index contributed by atoms with van der Waals surface area (Å²) >= 11 is 0. The number of carbonyl (C=O) groups excluding carboxylic acids is 2. The first kappa shape index (κ1) is 32.1. The Kier molecular flexibility index (Phi) is 13.6. The van der Waals surface area contributed by atoms with Gasteiger partial charge in [-0.05, 0) is 24.7 Å². The van der Waals surface area contributed by atoms with Gasteiger partial charge >= 0.3 is 11.9 Å². The lowest BCUT2D eigenvalue weighted by Crippen LogP contribution is -2.28. The van der Waals surface area contributed by atoms with Crippen LogP contribution in [0.1, 0.15) is 91.5 Å². The molecule has 222 valence electrons. The third kappa shape index (κ3) is 9.87. The quantitative estimate of drug-likeness (QED) is 0.146. The number of unbranched alkanes of at least 4 members (excludes halogenated alkanes) is 2. The normalized spacial score (nSPS) is 13.4. The first-order valence-corrected chi connectivity index (χ1v) is 15.5. The van der Waals surface area contributed by atoms with Crippen LogP contribution in [0, 0.1) is 11.8 Å². The highest BCUT2D eigenvalue weighted by atomic mass is 16.5. The summed E-state index contributed by atoms with van der Waals surface area (Å²) in [5.74, 6) is 0.419. The zero-order valence-corrected chi connectivity index (χ0v) is 25.4. The van der Waals surface area contributed by atoms with E-state index in [2.05, 4.69) is 27.7 Å². The topological polar surface area (TPSA) is 70.4 Å². The number of imidazole rings is 1. The molecule has 0 N–H and O–H groups in total. The van der Waals surface area contributed by atoms with E-state index in [0.717, 1.165) is 68.2 Å². The minimum Gasteiger partial charge on any atom is -0.465 e. The third-order valence-electron chi connectivity index (χ3n) is 7.83. The first-order chi connectivity index (χ1) is 20.0. The summed E-state index contributed by atoms with van der Waals surface area (Å²) in [6.07, 6.45) is 10.1. The van der Waals surface area contributed by atoms with E-state index in [1.165, 1.54) is 0 Å². The maximum absolute atomic E-state index is 13.8. The molecule has 3 unspecified atom stereocenters. The highest BCUT2D eigenvalue weighted by molar-refractivity contribution is 5.82. The van der Waals surface area contributed by atoms with Crippen molar-refractivity contribution in [3.05, 3.63) is 66.9 Å². The molecule has 3 aromatic rings. The molecule has 41 heavy (non-hydrogen) atoms. The molecule has 2 aromatic carbocycles. The number of rotatable bonds is 18. The molecular formula is C35H48N2O4. The second-order valence-corrected chi connectivity index (χ2v) is 11.0. The molecule has 0 fully saturated rings. The molecule has 3 atom stereocenters. The Morgan fingerprint density at radius 2 is 1.29 bits per heavy atom. The lowest BCUT2D eigenvalue weighted by Gasteiger charge is -2.22. The number of hydrogen-bond acceptors (Lipinski definition) is 5. The van der Waals surface area contributed by atoms with E-state index in [4.69, 9.17) is 14.5 Å². The van der Waals surface area contributed by atoms with Crippen molar-refractivity contribution in [1.29, 1.82) is 0 Å². The maximum Gasteiger partial charge on any atom is 0.329 e. The molecule has 0 aliphatic rings. The molecule has 0 spiro atoms. The Bertz CT molecular complexity index is 1180. The van der Waals surface area contributed by atoms with Gasteiger partial charge in [0.1, 0.15) is 11.9 Å². The van der Waals surface area contributed by atoms with Gasteiger partial charge in [0.2, 0.25) is 0 Å². The Morgan fingerprint density at radius 1 is 0.756 bits per heavy atom. The summed E-state index contributed by atoms with van der Waals surface area (Å²) in [5.41, 5.74) is 2.53. The zero-order chi connectivity index (χ0) is 29.5. The number of aromatic nitrogens is 2. The predicted octanol–water partition coefficient (Wildman–Crippen LogP) is 8.67. The molecule has 0 saturated heterocycles. The Labute approximate surface area is 246 Å². The monoisotopic (exact) mass is 560 g/mol. The number of esters is 2. The first-order valence-electron chi connectivity index (χ1n) is 15.5. The molecule has 3 rings (SSSR count). The van der Waals surface area contributed by atoms with Crippen molar-refractivity contribution in [2.75, 3.05) is 13.2 Å². The molecule has 6 heteroatoms. The summed E-state index contributed by atoms with van der Waals surface area (Å²) in [6, 6.07) is 18.7. The van der Waals surface area contributed by atoms with Crippen molar-refractivity contribution in [3.63, 3.8) is 0 Å². The number of ether oxygens (including phenoxy) is 2. The van der Waals surface area contributed by atoms with E-state index in [1.807, 2.05) is 71.4 Å². The van der Waals surface area contributed by atoms with Crippen LogP contribution < -0.4 is 0 Å². The van der Waals surface area contributed by atoms with Crippen molar-refractivity contribution in [1.82, 2.24) is 9.55 Å². The molecule has 0 aliphatic heterocycles. The van der Waals surface area contributed by atoms with Crippen LogP contribution in [0.5, 0.6) is 0 Å². The number of hydrogen-bond donors (Lipinski definition) is 0. The van der Waals surface area contributed by atoms with E-state index < -0.39 is 18.0 Å². The van der Waals surface area contributed by atoms with Crippen LogP contribution in [0.4, 0.5) is 0 Å². The highest BCUT2D eigenvalue weighted by Gasteiger charge is 2.30. The van der Waals surface area contributed by atoms with Gasteiger partial charge in [0.05, 0.1) is 25.3 Å². The highest BCUT2D eigenvalue weighted by Crippen LogP contribution is 2.30. The lowest BCUT2D eigenvalue weighted by atomic mass is 10.0. The van der Waals surface area contributed by atoms with Crippen molar-refractivity contribution in [2.45, 2.75) is 91.5 Å². The fourth-order valence-electron chi connectivity index (χ4n) is 5.00. The predicted molar refractivity (Wildman–Crippen MR) is 165 cm³/mol. The van der Waals surface area contributed by atoms with E-state index in [1.54, 1.807) is 0 Å². The van der Waals surface area contributed by atoms with Gasteiger partial charge in [-0.1, -0.05) is 127 Å². The number of carbonyl (C=O) groups is 2. The summed E-state index contributed by atoms with van der Waals surface area (Å²) in [5, 5.41) is 0. The van der Waals surface area contributed by atoms with Crippen molar-refractivity contribution < 1.29 is 19.1 Å². The molecule has 0 saturated carbocycles. The van der Waals surface area contributed by atoms with Gasteiger partial charge < -0.3 is 14.0 Å². The van der Waals surface area contributed by atoms with Crippen LogP contribution in [0.15, 0.2) is 66.9 Å². The fraction of sp³-hybridized carbons (Fsp3) is 0.514. The van der Waals surface area contributed by atoms with Crippen LogP contribution in [0.3, 0.4) is 0 Å². The van der Waals surface area contributed by atoms with Crippen LogP contribution in [-0.4, -0.2) is 34.7 Å². The van der Waals surface area contributed by atoms with Gasteiger partial charge in [0.15, 0.2) is 0 Å². The molecular weight excluding hydrogens is 512 g/mol. The Morgan fingerprint density at radius 3 is 1.83 bits per heavy atom. The molecule has 1 heterocycles. The average molecular weight is 561 g/mol. The van der Waals surface area contributed by atoms with E-state index in [-0.39, 0.29) is 6.42 Å². The maximum atomic E-state index is 13.8. The van der Waals surface area contributed by atoms with Crippen LogP contribution in [0.2, 0.25) is 0 Å². The van der Waals surface area contributed by atoms with Crippen molar-refractivity contribution in [3.8, 4) is 22.6 Å². The summed E-state index contributed by atoms with van der Waals surface area (Å²) in [7, 11) is 0. The van der Waals surface area contributed by atoms with Gasteiger partial charge in [-0.2, -0.15) is 0 Å². The van der Waals surface area contributed by atoms with E-state index >= 15 is 0 Å². The second kappa shape index (κ2) is 17.4. The lowest BCUT2D eigenvalue weighted by molar-refractivity contribution is -0.156. The van der Waals surface area contributed by atoms with Gasteiger partial charge in [0, 0.05) is 17.3 Å². The largest absolute Gasteiger partial charge is 0.465 e. The molecule has 1 aromatic heterocycles. The van der Waals surface area contributed by atoms with Crippen molar-refractivity contribution in [2.24, 2.45) is 11.8 Å². The average Bonchev–Trinajstić information content (AvgIpc) is 3.46. The summed E-state index contributed by atoms with van der Waals surface area (Å²) < 4.78 is 13.5. The molecule has 0 radical (unpaired) electrons. The minimum absolute atomic E-state index is 0.112. The zero-order valence-electron chi connectivity index (χ0n) is 25.4. The van der Waals surface area contributed by atoms with E-state index in [9.17, 15) is 9.59 Å². The Hall–Kier alpha value is -3.41. The Balaban J connectivity index is 1.93. The van der Waals surface area contributed by atoms with Crippen LogP contribution in [0.25, 0.3) is 22.6 Å². The SMILES string of the molecule is CCCCC(CC)COC(=O)CC(C(=O)OCC(CC)CCCC)n1cc(-c2ccccc2)nc1-c1ccccc1. The summed E-state index contributed by atoms with van der Waals surface area (Å²) in [6.45, 7) is 9.30. The standard InChI is InChI=1S/C35H48N2O4/c1-5-9-17-27(7-3)25-40-33(38)23-32(35(39)41-26-28(8-4)18-10-6-2)37-24-31(29-19-13-11-14-20-29)36-34(37)30-21-15-12-16-22-30/h11-16,19-22,24,27-28,32H,5-10,17-18,23,25-26H2,1-4H3. The number of benzene rings is 2. The second-order valence-electron chi connectivity index (χ2n) is 11.0. The van der Waals surface area contributed by atoms with Crippen LogP contribution >= 0.6 is 0 Å². The molecule has 0 aliphatic carbocycles. The number of nitrogens with zero attached hydrogens (tertiary/aromatic N) is 2. The smallest absolute Gasteiger partial charge is 0.329 e.